The Kier molecular flexibility index (Phi) is 10.7. The molecule has 1 aliphatic heterocycles. The highest BCUT2D eigenvalue weighted by molar-refractivity contribution is 5.80. The van der Waals surface area contributed by atoms with Gasteiger partial charge in [-0.05, 0) is 25.8 Å². The minimum absolute atomic E-state index is 0.534. The largest absolute Gasteiger partial charge is 0.477 e. The number of rotatable bonds is 12. The highest BCUT2D eigenvalue weighted by Gasteiger charge is 2.25. The monoisotopic (exact) mass is 392 g/mol. The standard InChI is InChI=1S/C21H36N4O3/c1-4-6-12-28-20-19(8-7-10-23-20)15-24-21(22-5-2)25-11-9-18(16-25)17-27-14-13-26-3/h7-8,10,18H,4-6,9,11-17H2,1-3H3,(H,22,24). The third kappa shape index (κ3) is 7.64. The topological polar surface area (TPSA) is 68.2 Å². The molecule has 7 heteroatoms. The van der Waals surface area contributed by atoms with E-state index < -0.39 is 0 Å². The van der Waals surface area contributed by atoms with Crippen LogP contribution in [0.3, 0.4) is 0 Å². The summed E-state index contributed by atoms with van der Waals surface area (Å²) in [4.78, 5) is 11.6. The van der Waals surface area contributed by atoms with E-state index in [0.29, 0.717) is 38.2 Å². The van der Waals surface area contributed by atoms with E-state index in [2.05, 4.69) is 29.0 Å². The predicted octanol–water partition coefficient (Wildman–Crippen LogP) is 2.71. The number of nitrogens with zero attached hydrogens (tertiary/aromatic N) is 3. The summed E-state index contributed by atoms with van der Waals surface area (Å²) in [6.07, 6.45) is 5.03. The first-order valence-electron chi connectivity index (χ1n) is 10.4. The summed E-state index contributed by atoms with van der Waals surface area (Å²) >= 11 is 0. The van der Waals surface area contributed by atoms with E-state index in [-0.39, 0.29) is 0 Å². The number of guanidine groups is 1. The van der Waals surface area contributed by atoms with Crippen LogP contribution in [0.15, 0.2) is 23.3 Å². The highest BCUT2D eigenvalue weighted by atomic mass is 16.5. The number of nitrogens with one attached hydrogen (secondary N) is 1. The van der Waals surface area contributed by atoms with Gasteiger partial charge >= 0.3 is 0 Å². The summed E-state index contributed by atoms with van der Waals surface area (Å²) in [5.74, 6) is 2.18. The van der Waals surface area contributed by atoms with Crippen LogP contribution in [-0.4, -0.2) is 69.0 Å². The van der Waals surface area contributed by atoms with E-state index >= 15 is 0 Å². The van der Waals surface area contributed by atoms with Gasteiger partial charge in [0.1, 0.15) is 0 Å². The van der Waals surface area contributed by atoms with E-state index in [0.717, 1.165) is 57.0 Å². The molecule has 1 aromatic heterocycles. The fourth-order valence-corrected chi connectivity index (χ4v) is 3.13. The molecule has 2 rings (SSSR count). The number of pyridine rings is 1. The summed E-state index contributed by atoms with van der Waals surface area (Å²) < 4.78 is 16.6. The molecule has 1 unspecified atom stereocenters. The van der Waals surface area contributed by atoms with Crippen molar-refractivity contribution in [2.75, 3.05) is 53.2 Å². The molecule has 1 fully saturated rings. The van der Waals surface area contributed by atoms with Crippen molar-refractivity contribution in [3.63, 3.8) is 0 Å². The van der Waals surface area contributed by atoms with Gasteiger partial charge in [0.05, 0.1) is 33.0 Å². The fourth-order valence-electron chi connectivity index (χ4n) is 3.13. The molecule has 0 amide bonds. The van der Waals surface area contributed by atoms with Crippen molar-refractivity contribution in [1.82, 2.24) is 15.2 Å². The molecular formula is C21H36N4O3. The molecule has 0 bridgehead atoms. The minimum atomic E-state index is 0.534. The van der Waals surface area contributed by atoms with Crippen LogP contribution in [0.4, 0.5) is 0 Å². The molecule has 158 valence electrons. The second kappa shape index (κ2) is 13.3. The number of aliphatic imine (C=N–C) groups is 1. The van der Waals surface area contributed by atoms with Crippen molar-refractivity contribution >= 4 is 5.96 Å². The lowest BCUT2D eigenvalue weighted by atomic mass is 10.1. The maximum absolute atomic E-state index is 5.84. The normalized spacial score (nSPS) is 17.2. The summed E-state index contributed by atoms with van der Waals surface area (Å²) in [6.45, 7) is 10.4. The third-order valence-electron chi connectivity index (χ3n) is 4.69. The van der Waals surface area contributed by atoms with Gasteiger partial charge in [0, 0.05) is 44.4 Å². The summed E-state index contributed by atoms with van der Waals surface area (Å²) in [6, 6.07) is 3.98. The van der Waals surface area contributed by atoms with E-state index in [1.165, 1.54) is 0 Å². The summed E-state index contributed by atoms with van der Waals surface area (Å²) in [5.41, 5.74) is 1.02. The summed E-state index contributed by atoms with van der Waals surface area (Å²) in [7, 11) is 1.70. The van der Waals surface area contributed by atoms with Gasteiger partial charge in [-0.15, -0.1) is 0 Å². The number of hydrogen-bond donors (Lipinski definition) is 1. The molecule has 1 atom stereocenters. The molecule has 0 radical (unpaired) electrons. The number of hydrogen-bond acceptors (Lipinski definition) is 5. The van der Waals surface area contributed by atoms with Crippen molar-refractivity contribution in [2.24, 2.45) is 10.9 Å². The molecule has 1 aromatic rings. The Morgan fingerprint density at radius 2 is 2.21 bits per heavy atom. The van der Waals surface area contributed by atoms with Crippen molar-refractivity contribution < 1.29 is 14.2 Å². The Hall–Kier alpha value is -1.86. The number of aromatic nitrogens is 1. The zero-order chi connectivity index (χ0) is 20.0. The second-order valence-corrected chi connectivity index (χ2v) is 7.01. The number of likely N-dealkylation sites (tertiary alicyclic amines) is 1. The Bertz CT molecular complexity index is 583. The van der Waals surface area contributed by atoms with Gasteiger partial charge in [0.25, 0.3) is 0 Å². The first-order valence-corrected chi connectivity index (χ1v) is 10.4. The van der Waals surface area contributed by atoms with E-state index in [9.17, 15) is 0 Å². The van der Waals surface area contributed by atoms with E-state index in [4.69, 9.17) is 19.2 Å². The molecule has 0 aliphatic carbocycles. The van der Waals surface area contributed by atoms with Crippen LogP contribution >= 0.6 is 0 Å². The number of methoxy groups -OCH3 is 1. The van der Waals surface area contributed by atoms with Gasteiger partial charge in [0.15, 0.2) is 5.96 Å². The molecule has 28 heavy (non-hydrogen) atoms. The maximum atomic E-state index is 5.84. The zero-order valence-corrected chi connectivity index (χ0v) is 17.7. The van der Waals surface area contributed by atoms with Crippen LogP contribution in [0.2, 0.25) is 0 Å². The van der Waals surface area contributed by atoms with Crippen molar-refractivity contribution in [3.8, 4) is 5.88 Å². The Balaban J connectivity index is 1.92. The third-order valence-corrected chi connectivity index (χ3v) is 4.69. The molecule has 0 aromatic carbocycles. The average Bonchev–Trinajstić information content (AvgIpc) is 3.18. The van der Waals surface area contributed by atoms with Gasteiger partial charge in [-0.3, -0.25) is 0 Å². The Morgan fingerprint density at radius 1 is 1.32 bits per heavy atom. The van der Waals surface area contributed by atoms with Gasteiger partial charge in [-0.25, -0.2) is 9.98 Å². The fraction of sp³-hybridized carbons (Fsp3) is 0.714. The highest BCUT2D eigenvalue weighted by Crippen LogP contribution is 2.19. The molecule has 2 heterocycles. The second-order valence-electron chi connectivity index (χ2n) is 7.01. The molecule has 1 N–H and O–H groups in total. The van der Waals surface area contributed by atoms with Crippen LogP contribution in [0.5, 0.6) is 5.88 Å². The lowest BCUT2D eigenvalue weighted by Gasteiger charge is -2.22. The van der Waals surface area contributed by atoms with E-state index in [1.54, 1.807) is 13.3 Å². The van der Waals surface area contributed by atoms with Crippen LogP contribution in [0, 0.1) is 5.92 Å². The summed E-state index contributed by atoms with van der Waals surface area (Å²) in [5, 5.41) is 3.42. The van der Waals surface area contributed by atoms with Gasteiger partial charge < -0.3 is 24.4 Å². The molecular weight excluding hydrogens is 356 g/mol. The smallest absolute Gasteiger partial charge is 0.218 e. The molecule has 1 aliphatic rings. The molecule has 7 nitrogen and oxygen atoms in total. The van der Waals surface area contributed by atoms with Crippen LogP contribution in [0.25, 0.3) is 0 Å². The Labute approximate surface area is 169 Å². The maximum Gasteiger partial charge on any atom is 0.218 e. The predicted molar refractivity (Wildman–Crippen MR) is 112 cm³/mol. The van der Waals surface area contributed by atoms with Crippen LogP contribution in [-0.2, 0) is 16.0 Å². The lowest BCUT2D eigenvalue weighted by molar-refractivity contribution is 0.0536. The quantitative estimate of drug-likeness (QED) is 0.335. The molecule has 0 saturated carbocycles. The van der Waals surface area contributed by atoms with Gasteiger partial charge in [-0.2, -0.15) is 0 Å². The SMILES string of the molecule is CCCCOc1ncccc1CN=C(NCC)N1CCC(COCCOC)C1. The van der Waals surface area contributed by atoms with Gasteiger partial charge in [0.2, 0.25) is 5.88 Å². The minimum Gasteiger partial charge on any atom is -0.477 e. The number of unbranched alkanes of at least 4 members (excludes halogenated alkanes) is 1. The average molecular weight is 393 g/mol. The lowest BCUT2D eigenvalue weighted by Crippen LogP contribution is -2.40. The van der Waals surface area contributed by atoms with Crippen molar-refractivity contribution in [1.29, 1.82) is 0 Å². The zero-order valence-electron chi connectivity index (χ0n) is 17.7. The Morgan fingerprint density at radius 3 is 3.00 bits per heavy atom. The van der Waals surface area contributed by atoms with Gasteiger partial charge in [-0.1, -0.05) is 19.4 Å². The van der Waals surface area contributed by atoms with Crippen LogP contribution in [0.1, 0.15) is 38.7 Å². The van der Waals surface area contributed by atoms with Crippen molar-refractivity contribution in [3.05, 3.63) is 23.9 Å². The molecule has 1 saturated heterocycles. The van der Waals surface area contributed by atoms with E-state index in [1.807, 2.05) is 12.1 Å². The number of ether oxygens (including phenoxy) is 3. The van der Waals surface area contributed by atoms with Crippen molar-refractivity contribution in [2.45, 2.75) is 39.7 Å². The van der Waals surface area contributed by atoms with Crippen LogP contribution < -0.4 is 10.1 Å². The first-order chi connectivity index (χ1) is 13.8. The first kappa shape index (κ1) is 22.4. The molecule has 0 spiro atoms.